The van der Waals surface area contributed by atoms with Gasteiger partial charge in [-0.3, -0.25) is 0 Å². The summed E-state index contributed by atoms with van der Waals surface area (Å²) in [7, 11) is 0. The van der Waals surface area contributed by atoms with Crippen LogP contribution in [0.4, 0.5) is 0 Å². The summed E-state index contributed by atoms with van der Waals surface area (Å²) < 4.78 is 0. The SMILES string of the molecule is Cc1cc(C)c(C(N)C2CCCCC2)s1. The largest absolute Gasteiger partial charge is 0.323 e. The highest BCUT2D eigenvalue weighted by Gasteiger charge is 2.24. The van der Waals surface area contributed by atoms with Gasteiger partial charge in [-0.2, -0.15) is 0 Å². The molecule has 2 N–H and O–H groups in total. The van der Waals surface area contributed by atoms with Gasteiger partial charge < -0.3 is 5.73 Å². The number of thiophene rings is 1. The van der Waals surface area contributed by atoms with E-state index < -0.39 is 0 Å². The Labute approximate surface area is 96.7 Å². The molecule has 1 aromatic heterocycles. The third-order valence-corrected chi connectivity index (χ3v) is 4.79. The number of hydrogen-bond acceptors (Lipinski definition) is 2. The predicted molar refractivity (Wildman–Crippen MR) is 67.3 cm³/mol. The Morgan fingerprint density at radius 2 is 1.93 bits per heavy atom. The van der Waals surface area contributed by atoms with Crippen LogP contribution in [0.5, 0.6) is 0 Å². The summed E-state index contributed by atoms with van der Waals surface area (Å²) in [5.74, 6) is 0.732. The molecule has 0 aromatic carbocycles. The van der Waals surface area contributed by atoms with Gasteiger partial charge in [0.25, 0.3) is 0 Å². The number of rotatable bonds is 2. The van der Waals surface area contributed by atoms with Crippen molar-refractivity contribution in [2.75, 3.05) is 0 Å². The molecule has 1 heterocycles. The molecule has 1 aromatic rings. The molecule has 0 aliphatic heterocycles. The molecule has 15 heavy (non-hydrogen) atoms. The van der Waals surface area contributed by atoms with Crippen LogP contribution in [0.25, 0.3) is 0 Å². The predicted octanol–water partition coefficient (Wildman–Crippen LogP) is 3.95. The molecule has 84 valence electrons. The Hall–Kier alpha value is -0.340. The maximum absolute atomic E-state index is 6.39. The van der Waals surface area contributed by atoms with Crippen molar-refractivity contribution >= 4 is 11.3 Å². The Balaban J connectivity index is 2.12. The van der Waals surface area contributed by atoms with E-state index in [-0.39, 0.29) is 0 Å². The van der Waals surface area contributed by atoms with Gasteiger partial charge in [0.15, 0.2) is 0 Å². The van der Waals surface area contributed by atoms with E-state index in [4.69, 9.17) is 5.73 Å². The van der Waals surface area contributed by atoms with E-state index in [1.54, 1.807) is 0 Å². The van der Waals surface area contributed by atoms with Gasteiger partial charge in [-0.1, -0.05) is 19.3 Å². The smallest absolute Gasteiger partial charge is 0.0421 e. The molecule has 1 atom stereocenters. The van der Waals surface area contributed by atoms with Crippen molar-refractivity contribution in [2.45, 2.75) is 52.0 Å². The number of nitrogens with two attached hydrogens (primary N) is 1. The van der Waals surface area contributed by atoms with Crippen LogP contribution in [0.3, 0.4) is 0 Å². The minimum absolute atomic E-state index is 0.295. The molecule has 2 rings (SSSR count). The lowest BCUT2D eigenvalue weighted by molar-refractivity contribution is 0.310. The zero-order valence-electron chi connectivity index (χ0n) is 9.75. The lowest BCUT2D eigenvalue weighted by atomic mass is 9.83. The maximum atomic E-state index is 6.39. The average molecular weight is 223 g/mol. The molecule has 1 nitrogen and oxygen atoms in total. The van der Waals surface area contributed by atoms with Crippen molar-refractivity contribution in [1.82, 2.24) is 0 Å². The Bertz CT molecular complexity index is 323. The van der Waals surface area contributed by atoms with Crippen molar-refractivity contribution in [1.29, 1.82) is 0 Å². The fraction of sp³-hybridized carbons (Fsp3) is 0.692. The molecule has 0 bridgehead atoms. The molecule has 1 saturated carbocycles. The first-order valence-corrected chi connectivity index (χ1v) is 6.82. The van der Waals surface area contributed by atoms with Crippen LogP contribution in [-0.4, -0.2) is 0 Å². The molecule has 1 aliphatic carbocycles. The second-order valence-corrected chi connectivity index (χ2v) is 6.12. The normalized spacial score (nSPS) is 20.5. The Kier molecular flexibility index (Phi) is 3.47. The Morgan fingerprint density at radius 3 is 2.47 bits per heavy atom. The molecular formula is C13H21NS. The molecule has 2 heteroatoms. The van der Waals surface area contributed by atoms with Crippen molar-refractivity contribution in [3.63, 3.8) is 0 Å². The topological polar surface area (TPSA) is 26.0 Å². The monoisotopic (exact) mass is 223 g/mol. The molecule has 1 aliphatic rings. The van der Waals surface area contributed by atoms with E-state index in [1.807, 2.05) is 11.3 Å². The van der Waals surface area contributed by atoms with Crippen molar-refractivity contribution in [2.24, 2.45) is 11.7 Å². The van der Waals surface area contributed by atoms with Gasteiger partial charge in [0.1, 0.15) is 0 Å². The first-order chi connectivity index (χ1) is 7.18. The van der Waals surface area contributed by atoms with Crippen LogP contribution in [0.15, 0.2) is 6.07 Å². The summed E-state index contributed by atoms with van der Waals surface area (Å²) in [5, 5.41) is 0. The fourth-order valence-corrected chi connectivity index (χ4v) is 3.83. The first-order valence-electron chi connectivity index (χ1n) is 6.01. The molecule has 0 spiro atoms. The van der Waals surface area contributed by atoms with Crippen LogP contribution in [0.2, 0.25) is 0 Å². The third kappa shape index (κ3) is 2.43. The molecule has 0 radical (unpaired) electrons. The van der Waals surface area contributed by atoms with E-state index in [2.05, 4.69) is 19.9 Å². The molecule has 0 saturated heterocycles. The lowest BCUT2D eigenvalue weighted by Crippen LogP contribution is -2.23. The summed E-state index contributed by atoms with van der Waals surface area (Å²) in [6, 6.07) is 2.56. The van der Waals surface area contributed by atoms with Gasteiger partial charge in [-0.05, 0) is 44.2 Å². The highest BCUT2D eigenvalue weighted by atomic mass is 32.1. The van der Waals surface area contributed by atoms with Gasteiger partial charge in [-0.25, -0.2) is 0 Å². The van der Waals surface area contributed by atoms with E-state index in [0.29, 0.717) is 6.04 Å². The van der Waals surface area contributed by atoms with Crippen molar-refractivity contribution in [3.8, 4) is 0 Å². The zero-order chi connectivity index (χ0) is 10.8. The van der Waals surface area contributed by atoms with Crippen LogP contribution in [0, 0.1) is 19.8 Å². The van der Waals surface area contributed by atoms with Gasteiger partial charge in [0.05, 0.1) is 0 Å². The summed E-state index contributed by atoms with van der Waals surface area (Å²) >= 11 is 1.89. The van der Waals surface area contributed by atoms with Crippen LogP contribution >= 0.6 is 11.3 Å². The quantitative estimate of drug-likeness (QED) is 0.807. The lowest BCUT2D eigenvalue weighted by Gasteiger charge is -2.27. The van der Waals surface area contributed by atoms with Crippen molar-refractivity contribution < 1.29 is 0 Å². The minimum Gasteiger partial charge on any atom is -0.323 e. The summed E-state index contributed by atoms with van der Waals surface area (Å²) in [5.41, 5.74) is 7.79. The van der Waals surface area contributed by atoms with E-state index in [9.17, 15) is 0 Å². The van der Waals surface area contributed by atoms with Crippen molar-refractivity contribution in [3.05, 3.63) is 21.4 Å². The second-order valence-electron chi connectivity index (χ2n) is 4.83. The third-order valence-electron chi connectivity index (χ3n) is 3.54. The second kappa shape index (κ2) is 4.67. The van der Waals surface area contributed by atoms with Gasteiger partial charge in [-0.15, -0.1) is 11.3 Å². The average Bonchev–Trinajstić information content (AvgIpc) is 2.58. The van der Waals surface area contributed by atoms with E-state index in [0.717, 1.165) is 5.92 Å². The summed E-state index contributed by atoms with van der Waals surface area (Å²) in [4.78, 5) is 2.83. The molecule has 1 unspecified atom stereocenters. The molecule has 0 amide bonds. The van der Waals surface area contributed by atoms with Gasteiger partial charge >= 0.3 is 0 Å². The van der Waals surface area contributed by atoms with Crippen LogP contribution < -0.4 is 5.73 Å². The zero-order valence-corrected chi connectivity index (χ0v) is 10.6. The fourth-order valence-electron chi connectivity index (χ4n) is 2.70. The summed E-state index contributed by atoms with van der Waals surface area (Å²) in [6.45, 7) is 4.37. The van der Waals surface area contributed by atoms with E-state index in [1.165, 1.54) is 47.4 Å². The molecule has 1 fully saturated rings. The van der Waals surface area contributed by atoms with Gasteiger partial charge in [0.2, 0.25) is 0 Å². The highest BCUT2D eigenvalue weighted by molar-refractivity contribution is 7.12. The first kappa shape index (κ1) is 11.2. The Morgan fingerprint density at radius 1 is 1.27 bits per heavy atom. The number of hydrogen-bond donors (Lipinski definition) is 1. The number of aryl methyl sites for hydroxylation is 2. The highest BCUT2D eigenvalue weighted by Crippen LogP contribution is 2.37. The maximum Gasteiger partial charge on any atom is 0.0421 e. The molecular weight excluding hydrogens is 202 g/mol. The minimum atomic E-state index is 0.295. The summed E-state index contributed by atoms with van der Waals surface area (Å²) in [6.07, 6.45) is 6.82. The van der Waals surface area contributed by atoms with E-state index >= 15 is 0 Å². The van der Waals surface area contributed by atoms with Crippen LogP contribution in [0.1, 0.15) is 53.5 Å². The van der Waals surface area contributed by atoms with Crippen LogP contribution in [-0.2, 0) is 0 Å². The standard InChI is InChI=1S/C13H21NS/c1-9-8-10(2)15-13(9)12(14)11-6-4-3-5-7-11/h8,11-12H,3-7,14H2,1-2H3. The van der Waals surface area contributed by atoms with Gasteiger partial charge in [0, 0.05) is 15.8 Å².